The molecule has 1 aliphatic heterocycles. The summed E-state index contributed by atoms with van der Waals surface area (Å²) in [5, 5.41) is 3.55. The molecule has 2 aromatic rings. The highest BCUT2D eigenvalue weighted by Gasteiger charge is 2.24. The summed E-state index contributed by atoms with van der Waals surface area (Å²) in [5.74, 6) is 0.877. The Balaban J connectivity index is 1.66. The third-order valence-corrected chi connectivity index (χ3v) is 3.59. The second-order valence-electron chi connectivity index (χ2n) is 5.45. The molecule has 2 aromatic heterocycles. The topological polar surface area (TPSA) is 52.0 Å². The van der Waals surface area contributed by atoms with Crippen LogP contribution in [0.15, 0.2) is 37.1 Å². The highest BCUT2D eigenvalue weighted by molar-refractivity contribution is 5.44. The first-order valence-electron chi connectivity index (χ1n) is 7.07. The first-order valence-corrected chi connectivity index (χ1v) is 7.07. The van der Waals surface area contributed by atoms with Crippen molar-refractivity contribution in [1.82, 2.24) is 14.5 Å². The molecule has 0 bridgehead atoms. The fraction of sp³-hybridized carbons (Fsp3) is 0.467. The van der Waals surface area contributed by atoms with E-state index < -0.39 is 0 Å². The number of rotatable bonds is 3. The lowest BCUT2D eigenvalue weighted by Crippen LogP contribution is -2.36. The molecule has 5 heteroatoms. The minimum absolute atomic E-state index is 0.314. The third-order valence-electron chi connectivity index (χ3n) is 3.59. The fourth-order valence-electron chi connectivity index (χ4n) is 2.78. The van der Waals surface area contributed by atoms with E-state index in [4.69, 9.17) is 4.74 Å². The van der Waals surface area contributed by atoms with E-state index in [-0.39, 0.29) is 0 Å². The Morgan fingerprint density at radius 2 is 2.05 bits per heavy atom. The summed E-state index contributed by atoms with van der Waals surface area (Å²) in [4.78, 5) is 8.48. The van der Waals surface area contributed by atoms with Gasteiger partial charge in [0.05, 0.1) is 24.1 Å². The van der Waals surface area contributed by atoms with Gasteiger partial charge in [-0.15, -0.1) is 0 Å². The predicted molar refractivity (Wildman–Crippen MR) is 78.0 cm³/mol. The van der Waals surface area contributed by atoms with Crippen LogP contribution in [-0.2, 0) is 4.74 Å². The Labute approximate surface area is 119 Å². The largest absolute Gasteiger partial charge is 0.381 e. The van der Waals surface area contributed by atoms with E-state index in [1.807, 2.05) is 23.0 Å². The molecule has 1 saturated heterocycles. The molecule has 2 unspecified atom stereocenters. The van der Waals surface area contributed by atoms with Crippen LogP contribution in [0.25, 0.3) is 5.82 Å². The van der Waals surface area contributed by atoms with E-state index >= 15 is 0 Å². The van der Waals surface area contributed by atoms with E-state index in [1.165, 1.54) is 0 Å². The normalized spacial score (nSPS) is 26.4. The molecular formula is C15H20N4O. The number of anilines is 1. The van der Waals surface area contributed by atoms with Crippen molar-refractivity contribution in [1.29, 1.82) is 0 Å². The molecule has 3 heterocycles. The van der Waals surface area contributed by atoms with Gasteiger partial charge in [0.2, 0.25) is 0 Å². The number of imidazole rings is 1. The molecule has 3 rings (SSSR count). The lowest BCUT2D eigenvalue weighted by atomic mass is 10.00. The van der Waals surface area contributed by atoms with E-state index in [9.17, 15) is 0 Å². The zero-order valence-electron chi connectivity index (χ0n) is 11.9. The molecule has 0 saturated carbocycles. The van der Waals surface area contributed by atoms with Crippen LogP contribution in [0.4, 0.5) is 5.69 Å². The molecule has 20 heavy (non-hydrogen) atoms. The molecule has 106 valence electrons. The highest BCUT2D eigenvalue weighted by Crippen LogP contribution is 2.22. The Morgan fingerprint density at radius 1 is 1.25 bits per heavy atom. The molecule has 1 fully saturated rings. The Morgan fingerprint density at radius 3 is 2.65 bits per heavy atom. The quantitative estimate of drug-likeness (QED) is 0.933. The van der Waals surface area contributed by atoms with Gasteiger partial charge in [0.15, 0.2) is 0 Å². The highest BCUT2D eigenvalue weighted by atomic mass is 16.5. The minimum Gasteiger partial charge on any atom is -0.381 e. The summed E-state index contributed by atoms with van der Waals surface area (Å²) in [6.07, 6.45) is 9.96. The first-order chi connectivity index (χ1) is 9.70. The maximum absolute atomic E-state index is 5.76. The Bertz CT molecular complexity index is 528. The maximum Gasteiger partial charge on any atom is 0.137 e. The summed E-state index contributed by atoms with van der Waals surface area (Å²) in [6, 6.07) is 4.51. The van der Waals surface area contributed by atoms with Gasteiger partial charge in [-0.2, -0.15) is 0 Å². The molecule has 1 aliphatic rings. The molecular weight excluding hydrogens is 252 g/mol. The van der Waals surface area contributed by atoms with Crippen LogP contribution < -0.4 is 5.32 Å². The van der Waals surface area contributed by atoms with Crippen molar-refractivity contribution in [2.75, 3.05) is 5.32 Å². The zero-order chi connectivity index (χ0) is 13.9. The average molecular weight is 272 g/mol. The smallest absolute Gasteiger partial charge is 0.137 e. The van der Waals surface area contributed by atoms with Gasteiger partial charge >= 0.3 is 0 Å². The van der Waals surface area contributed by atoms with Gasteiger partial charge in [-0.25, -0.2) is 9.97 Å². The van der Waals surface area contributed by atoms with Gasteiger partial charge in [0.25, 0.3) is 0 Å². The summed E-state index contributed by atoms with van der Waals surface area (Å²) < 4.78 is 7.65. The van der Waals surface area contributed by atoms with Gasteiger partial charge < -0.3 is 10.1 Å². The van der Waals surface area contributed by atoms with Crippen molar-refractivity contribution in [3.05, 3.63) is 37.1 Å². The number of nitrogens with zero attached hydrogens (tertiary/aromatic N) is 3. The summed E-state index contributed by atoms with van der Waals surface area (Å²) in [5.41, 5.74) is 1.06. The molecule has 0 aromatic carbocycles. The predicted octanol–water partition coefficient (Wildman–Crippen LogP) is 2.64. The van der Waals surface area contributed by atoms with E-state index in [0.29, 0.717) is 18.2 Å². The number of aromatic nitrogens is 3. The van der Waals surface area contributed by atoms with Gasteiger partial charge in [-0.3, -0.25) is 4.57 Å². The van der Waals surface area contributed by atoms with Gasteiger partial charge in [0.1, 0.15) is 12.1 Å². The van der Waals surface area contributed by atoms with Gasteiger partial charge in [-0.05, 0) is 38.8 Å². The number of nitrogens with one attached hydrogen (secondary N) is 1. The minimum atomic E-state index is 0.314. The molecule has 1 N–H and O–H groups in total. The summed E-state index contributed by atoms with van der Waals surface area (Å²) in [6.45, 7) is 4.26. The van der Waals surface area contributed by atoms with E-state index in [1.54, 1.807) is 12.5 Å². The van der Waals surface area contributed by atoms with Crippen LogP contribution in [0.1, 0.15) is 26.7 Å². The van der Waals surface area contributed by atoms with Crippen LogP contribution in [0, 0.1) is 0 Å². The number of hydrogen-bond donors (Lipinski definition) is 1. The number of ether oxygens (including phenoxy) is 1. The third kappa shape index (κ3) is 2.99. The van der Waals surface area contributed by atoms with Crippen LogP contribution in [0.5, 0.6) is 0 Å². The average Bonchev–Trinajstić information content (AvgIpc) is 2.92. The summed E-state index contributed by atoms with van der Waals surface area (Å²) in [7, 11) is 0. The fourth-order valence-corrected chi connectivity index (χ4v) is 2.78. The van der Waals surface area contributed by atoms with E-state index in [2.05, 4.69) is 35.2 Å². The van der Waals surface area contributed by atoms with E-state index in [0.717, 1.165) is 24.3 Å². The molecule has 0 aliphatic carbocycles. The van der Waals surface area contributed by atoms with Gasteiger partial charge in [-0.1, -0.05) is 0 Å². The monoisotopic (exact) mass is 272 g/mol. The number of pyridine rings is 1. The van der Waals surface area contributed by atoms with Crippen molar-refractivity contribution in [3.63, 3.8) is 0 Å². The number of hydrogen-bond acceptors (Lipinski definition) is 4. The molecule has 0 spiro atoms. The second kappa shape index (κ2) is 5.63. The molecule has 0 amide bonds. The SMILES string of the molecule is CC1CC(Nc2ccc(-n3ccnc3)nc2)CC(C)O1. The molecule has 0 radical (unpaired) electrons. The van der Waals surface area contributed by atoms with Crippen LogP contribution in [0.3, 0.4) is 0 Å². The van der Waals surface area contributed by atoms with Crippen molar-refractivity contribution in [2.24, 2.45) is 0 Å². The lowest BCUT2D eigenvalue weighted by molar-refractivity contribution is -0.0337. The lowest BCUT2D eigenvalue weighted by Gasteiger charge is -2.33. The standard InChI is InChI=1S/C15H20N4O/c1-11-7-14(8-12(2)20-11)18-13-3-4-15(17-9-13)19-6-5-16-10-19/h3-6,9-12,14,18H,7-8H2,1-2H3. The van der Waals surface area contributed by atoms with Crippen molar-refractivity contribution >= 4 is 5.69 Å². The van der Waals surface area contributed by atoms with Crippen molar-refractivity contribution in [3.8, 4) is 5.82 Å². The maximum atomic E-state index is 5.76. The van der Waals surface area contributed by atoms with Crippen LogP contribution in [-0.4, -0.2) is 32.8 Å². The van der Waals surface area contributed by atoms with Crippen LogP contribution in [0.2, 0.25) is 0 Å². The molecule has 2 atom stereocenters. The second-order valence-corrected chi connectivity index (χ2v) is 5.45. The Kier molecular flexibility index (Phi) is 3.69. The molecule has 5 nitrogen and oxygen atoms in total. The van der Waals surface area contributed by atoms with Crippen molar-refractivity contribution < 1.29 is 4.74 Å². The van der Waals surface area contributed by atoms with Crippen LogP contribution >= 0.6 is 0 Å². The first kappa shape index (κ1) is 13.1. The van der Waals surface area contributed by atoms with Crippen molar-refractivity contribution in [2.45, 2.75) is 44.9 Å². The zero-order valence-corrected chi connectivity index (χ0v) is 11.9. The van der Waals surface area contributed by atoms with Gasteiger partial charge in [0, 0.05) is 18.4 Å². The Hall–Kier alpha value is -1.88. The summed E-state index contributed by atoms with van der Waals surface area (Å²) >= 11 is 0.